The minimum atomic E-state index is 0.396. The number of benzene rings is 1. The average molecular weight is 273 g/mol. The van der Waals surface area contributed by atoms with Gasteiger partial charge in [0.2, 0.25) is 0 Å². The number of nitrogens with zero attached hydrogens (tertiary/aromatic N) is 2. The van der Waals surface area contributed by atoms with Gasteiger partial charge in [0.15, 0.2) is 0 Å². The van der Waals surface area contributed by atoms with E-state index in [-0.39, 0.29) is 0 Å². The molecular weight excluding hydrogens is 250 g/mol. The highest BCUT2D eigenvalue weighted by Gasteiger charge is 2.05. The Morgan fingerprint density at radius 2 is 1.90 bits per heavy atom. The molecule has 0 radical (unpaired) electrons. The fourth-order valence-electron chi connectivity index (χ4n) is 2.15. The second kappa shape index (κ2) is 7.10. The third-order valence-electron chi connectivity index (χ3n) is 3.11. The molecule has 0 amide bonds. The molecule has 0 bridgehead atoms. The van der Waals surface area contributed by atoms with Crippen LogP contribution in [0.4, 0.5) is 0 Å². The average Bonchev–Trinajstić information content (AvgIpc) is 2.90. The van der Waals surface area contributed by atoms with Crippen molar-refractivity contribution < 1.29 is 4.74 Å². The maximum Gasteiger partial charge on any atom is 0.119 e. The van der Waals surface area contributed by atoms with Crippen LogP contribution in [-0.2, 0) is 13.1 Å². The van der Waals surface area contributed by atoms with Gasteiger partial charge in [0.1, 0.15) is 5.75 Å². The monoisotopic (exact) mass is 273 g/mol. The van der Waals surface area contributed by atoms with Crippen molar-refractivity contribution >= 4 is 0 Å². The zero-order valence-corrected chi connectivity index (χ0v) is 12.5. The summed E-state index contributed by atoms with van der Waals surface area (Å²) in [7, 11) is 0. The molecule has 1 N–H and O–H groups in total. The summed E-state index contributed by atoms with van der Waals surface area (Å²) >= 11 is 0. The van der Waals surface area contributed by atoms with Gasteiger partial charge in [-0.2, -0.15) is 5.10 Å². The van der Waals surface area contributed by atoms with Gasteiger partial charge in [0.05, 0.1) is 12.3 Å². The number of ether oxygens (including phenoxy) is 1. The van der Waals surface area contributed by atoms with E-state index in [1.54, 1.807) is 0 Å². The van der Waals surface area contributed by atoms with Gasteiger partial charge in [-0.25, -0.2) is 0 Å². The standard InChI is InChI=1S/C16H23N3O/c1-4-20-16-7-5-14(6-8-16)11-17-12-15-9-10-18-19(15)13(2)3/h5-10,13,17H,4,11-12H2,1-3H3. The van der Waals surface area contributed by atoms with E-state index in [9.17, 15) is 0 Å². The lowest BCUT2D eigenvalue weighted by Crippen LogP contribution is -2.17. The summed E-state index contributed by atoms with van der Waals surface area (Å²) in [5.41, 5.74) is 2.47. The lowest BCUT2D eigenvalue weighted by atomic mass is 10.2. The van der Waals surface area contributed by atoms with Crippen molar-refractivity contribution in [1.82, 2.24) is 15.1 Å². The summed E-state index contributed by atoms with van der Waals surface area (Å²) in [6.45, 7) is 8.65. The summed E-state index contributed by atoms with van der Waals surface area (Å²) in [6, 6.07) is 10.7. The van der Waals surface area contributed by atoms with Crippen molar-refractivity contribution in [1.29, 1.82) is 0 Å². The molecule has 0 spiro atoms. The number of hydrogen-bond donors (Lipinski definition) is 1. The van der Waals surface area contributed by atoms with E-state index in [0.29, 0.717) is 12.6 Å². The minimum Gasteiger partial charge on any atom is -0.494 e. The van der Waals surface area contributed by atoms with Crippen molar-refractivity contribution in [3.05, 3.63) is 47.8 Å². The molecule has 1 aromatic carbocycles. The first-order valence-electron chi connectivity index (χ1n) is 7.15. The van der Waals surface area contributed by atoms with Gasteiger partial charge in [-0.3, -0.25) is 4.68 Å². The Labute approximate surface area is 120 Å². The molecule has 2 aromatic rings. The van der Waals surface area contributed by atoms with Crippen LogP contribution in [0.25, 0.3) is 0 Å². The number of rotatable bonds is 7. The quantitative estimate of drug-likeness (QED) is 0.842. The SMILES string of the molecule is CCOc1ccc(CNCc2ccnn2C(C)C)cc1. The van der Waals surface area contributed by atoms with Crippen LogP contribution < -0.4 is 10.1 Å². The van der Waals surface area contributed by atoms with E-state index >= 15 is 0 Å². The Balaban J connectivity index is 1.84. The zero-order chi connectivity index (χ0) is 14.4. The predicted molar refractivity (Wildman–Crippen MR) is 80.8 cm³/mol. The third-order valence-corrected chi connectivity index (χ3v) is 3.11. The van der Waals surface area contributed by atoms with Crippen molar-refractivity contribution in [2.24, 2.45) is 0 Å². The molecule has 1 heterocycles. The van der Waals surface area contributed by atoms with Gasteiger partial charge in [0.25, 0.3) is 0 Å². The van der Waals surface area contributed by atoms with Gasteiger partial charge in [-0.05, 0) is 44.5 Å². The largest absolute Gasteiger partial charge is 0.494 e. The summed E-state index contributed by atoms with van der Waals surface area (Å²) in [5.74, 6) is 0.925. The first kappa shape index (κ1) is 14.6. The van der Waals surface area contributed by atoms with E-state index in [4.69, 9.17) is 4.74 Å². The van der Waals surface area contributed by atoms with Crippen molar-refractivity contribution in [2.75, 3.05) is 6.61 Å². The molecule has 1 aromatic heterocycles. The van der Waals surface area contributed by atoms with E-state index in [2.05, 4.69) is 42.5 Å². The first-order chi connectivity index (χ1) is 9.70. The second-order valence-corrected chi connectivity index (χ2v) is 5.04. The second-order valence-electron chi connectivity index (χ2n) is 5.04. The molecule has 0 unspecified atom stereocenters. The minimum absolute atomic E-state index is 0.396. The molecule has 0 saturated heterocycles. The summed E-state index contributed by atoms with van der Waals surface area (Å²) in [6.07, 6.45) is 1.86. The van der Waals surface area contributed by atoms with Crippen molar-refractivity contribution in [2.45, 2.75) is 39.9 Å². The van der Waals surface area contributed by atoms with Gasteiger partial charge in [-0.15, -0.1) is 0 Å². The van der Waals surface area contributed by atoms with E-state index < -0.39 is 0 Å². The molecule has 108 valence electrons. The highest BCUT2D eigenvalue weighted by atomic mass is 16.5. The molecule has 4 heteroatoms. The fraction of sp³-hybridized carbons (Fsp3) is 0.438. The maximum absolute atomic E-state index is 5.43. The molecular formula is C16H23N3O. The van der Waals surface area contributed by atoms with Crippen LogP contribution in [0.5, 0.6) is 5.75 Å². The van der Waals surface area contributed by atoms with E-state index in [1.165, 1.54) is 11.3 Å². The van der Waals surface area contributed by atoms with Gasteiger partial charge >= 0.3 is 0 Å². The molecule has 4 nitrogen and oxygen atoms in total. The summed E-state index contributed by atoms with van der Waals surface area (Å²) < 4.78 is 7.48. The molecule has 20 heavy (non-hydrogen) atoms. The lowest BCUT2D eigenvalue weighted by Gasteiger charge is -2.12. The third kappa shape index (κ3) is 3.84. The number of hydrogen-bond acceptors (Lipinski definition) is 3. The molecule has 2 rings (SSSR count). The van der Waals surface area contributed by atoms with Crippen molar-refractivity contribution in [3.8, 4) is 5.75 Å². The smallest absolute Gasteiger partial charge is 0.119 e. The Morgan fingerprint density at radius 1 is 1.15 bits per heavy atom. The lowest BCUT2D eigenvalue weighted by molar-refractivity contribution is 0.340. The van der Waals surface area contributed by atoms with Crippen LogP contribution >= 0.6 is 0 Å². The summed E-state index contributed by atoms with van der Waals surface area (Å²) in [5, 5.41) is 7.78. The molecule has 0 aliphatic carbocycles. The van der Waals surface area contributed by atoms with Crippen LogP contribution in [0.2, 0.25) is 0 Å². The van der Waals surface area contributed by atoms with Gasteiger partial charge in [0, 0.05) is 25.3 Å². The molecule has 0 fully saturated rings. The molecule has 0 saturated carbocycles. The predicted octanol–water partition coefficient (Wildman–Crippen LogP) is 3.15. The van der Waals surface area contributed by atoms with Crippen LogP contribution in [0, 0.1) is 0 Å². The van der Waals surface area contributed by atoms with E-state index in [0.717, 1.165) is 18.8 Å². The van der Waals surface area contributed by atoms with Crippen LogP contribution in [0.3, 0.4) is 0 Å². The molecule has 0 atom stereocenters. The van der Waals surface area contributed by atoms with Crippen LogP contribution in [0.1, 0.15) is 38.1 Å². The Kier molecular flexibility index (Phi) is 5.18. The normalized spacial score (nSPS) is 11.0. The summed E-state index contributed by atoms with van der Waals surface area (Å²) in [4.78, 5) is 0. The Morgan fingerprint density at radius 3 is 2.55 bits per heavy atom. The number of nitrogens with one attached hydrogen (secondary N) is 1. The van der Waals surface area contributed by atoms with Crippen LogP contribution in [0.15, 0.2) is 36.5 Å². The number of aromatic nitrogens is 2. The molecule has 0 aliphatic heterocycles. The van der Waals surface area contributed by atoms with Crippen LogP contribution in [-0.4, -0.2) is 16.4 Å². The maximum atomic E-state index is 5.43. The van der Waals surface area contributed by atoms with E-state index in [1.807, 2.05) is 29.9 Å². The Hall–Kier alpha value is -1.81. The zero-order valence-electron chi connectivity index (χ0n) is 12.5. The Bertz CT molecular complexity index is 517. The van der Waals surface area contributed by atoms with Gasteiger partial charge < -0.3 is 10.1 Å². The molecule has 0 aliphatic rings. The van der Waals surface area contributed by atoms with Crippen molar-refractivity contribution in [3.63, 3.8) is 0 Å². The highest BCUT2D eigenvalue weighted by molar-refractivity contribution is 5.27. The fourth-order valence-corrected chi connectivity index (χ4v) is 2.15. The highest BCUT2D eigenvalue weighted by Crippen LogP contribution is 2.12. The first-order valence-corrected chi connectivity index (χ1v) is 7.15. The van der Waals surface area contributed by atoms with Gasteiger partial charge in [-0.1, -0.05) is 12.1 Å². The topological polar surface area (TPSA) is 39.1 Å².